The van der Waals surface area contributed by atoms with E-state index in [1.165, 1.54) is 36.8 Å². The Morgan fingerprint density at radius 1 is 1.41 bits per heavy atom. The second-order valence-corrected chi connectivity index (χ2v) is 5.97. The first-order valence-corrected chi connectivity index (χ1v) is 6.90. The van der Waals surface area contributed by atoms with Gasteiger partial charge in [0, 0.05) is 6.04 Å². The third-order valence-electron chi connectivity index (χ3n) is 4.04. The number of benzene rings is 1. The van der Waals surface area contributed by atoms with Gasteiger partial charge in [-0.25, -0.2) is 0 Å². The molecule has 1 fully saturated rings. The van der Waals surface area contributed by atoms with Crippen LogP contribution in [0.2, 0.25) is 0 Å². The summed E-state index contributed by atoms with van der Waals surface area (Å²) in [7, 11) is 0. The maximum absolute atomic E-state index is 3.60. The molecule has 0 saturated heterocycles. The third-order valence-corrected chi connectivity index (χ3v) is 4.04. The summed E-state index contributed by atoms with van der Waals surface area (Å²) in [6.07, 6.45) is 5.26. The zero-order chi connectivity index (χ0) is 12.3. The Hall–Kier alpha value is -0.820. The van der Waals surface area contributed by atoms with Crippen molar-refractivity contribution in [2.24, 2.45) is 5.41 Å². The second kappa shape index (κ2) is 5.22. The van der Waals surface area contributed by atoms with E-state index >= 15 is 0 Å². The number of aryl methyl sites for hydroxylation is 1. The molecule has 1 N–H and O–H groups in total. The van der Waals surface area contributed by atoms with E-state index in [-0.39, 0.29) is 0 Å². The first-order valence-electron chi connectivity index (χ1n) is 6.90. The van der Waals surface area contributed by atoms with Crippen molar-refractivity contribution in [3.05, 3.63) is 35.4 Å². The molecule has 1 saturated carbocycles. The fraction of sp³-hybridized carbons (Fsp3) is 0.625. The van der Waals surface area contributed by atoms with Crippen LogP contribution >= 0.6 is 0 Å². The summed E-state index contributed by atoms with van der Waals surface area (Å²) in [4.78, 5) is 0. The van der Waals surface area contributed by atoms with Crippen LogP contribution < -0.4 is 5.32 Å². The number of hydrogen-bond acceptors (Lipinski definition) is 1. The van der Waals surface area contributed by atoms with Crippen LogP contribution in [0.15, 0.2) is 24.3 Å². The molecule has 0 amide bonds. The van der Waals surface area contributed by atoms with Crippen molar-refractivity contribution in [2.75, 3.05) is 6.54 Å². The first kappa shape index (κ1) is 12.6. The van der Waals surface area contributed by atoms with E-state index in [4.69, 9.17) is 0 Å². The molecule has 0 bridgehead atoms. The highest BCUT2D eigenvalue weighted by atomic mass is 14.9. The summed E-state index contributed by atoms with van der Waals surface area (Å²) < 4.78 is 0. The molecule has 1 aliphatic carbocycles. The van der Waals surface area contributed by atoms with Crippen molar-refractivity contribution >= 4 is 0 Å². The van der Waals surface area contributed by atoms with Crippen LogP contribution in [0.3, 0.4) is 0 Å². The molecule has 0 heterocycles. The highest BCUT2D eigenvalue weighted by molar-refractivity contribution is 5.23. The molecule has 17 heavy (non-hydrogen) atoms. The smallest absolute Gasteiger partial charge is 0.00724 e. The molecular weight excluding hydrogens is 206 g/mol. The van der Waals surface area contributed by atoms with Crippen LogP contribution in [0.25, 0.3) is 0 Å². The summed E-state index contributed by atoms with van der Waals surface area (Å²) in [5, 5.41) is 3.60. The normalized spacial score (nSPS) is 28.5. The van der Waals surface area contributed by atoms with Gasteiger partial charge in [-0.3, -0.25) is 0 Å². The zero-order valence-corrected chi connectivity index (χ0v) is 11.4. The Labute approximate surface area is 106 Å². The van der Waals surface area contributed by atoms with Crippen LogP contribution in [0.1, 0.15) is 44.2 Å². The lowest BCUT2D eigenvalue weighted by Gasteiger charge is -2.24. The molecule has 2 rings (SSSR count). The number of rotatable bonds is 4. The van der Waals surface area contributed by atoms with E-state index in [1.54, 1.807) is 0 Å². The topological polar surface area (TPSA) is 12.0 Å². The molecule has 0 aliphatic heterocycles. The van der Waals surface area contributed by atoms with Crippen LogP contribution in [0, 0.1) is 12.3 Å². The highest BCUT2D eigenvalue weighted by Gasteiger charge is 2.34. The molecule has 2 atom stereocenters. The molecule has 1 heteroatoms. The van der Waals surface area contributed by atoms with E-state index in [1.807, 2.05) is 0 Å². The van der Waals surface area contributed by atoms with E-state index in [0.29, 0.717) is 5.41 Å². The van der Waals surface area contributed by atoms with Crippen molar-refractivity contribution in [1.29, 1.82) is 0 Å². The van der Waals surface area contributed by atoms with Gasteiger partial charge in [0.15, 0.2) is 0 Å². The van der Waals surface area contributed by atoms with E-state index in [0.717, 1.165) is 12.6 Å². The predicted molar refractivity (Wildman–Crippen MR) is 74.3 cm³/mol. The highest BCUT2D eigenvalue weighted by Crippen LogP contribution is 2.40. The van der Waals surface area contributed by atoms with Gasteiger partial charge in [0.2, 0.25) is 0 Å². The predicted octanol–water partition coefficient (Wildman–Crippen LogP) is 3.71. The molecule has 1 aromatic rings. The standard InChI is InChI=1S/C16H25N/c1-4-17-15-8-9-16(3,12-15)11-14-7-5-6-13(2)10-14/h5-7,10,15,17H,4,8-9,11-12H2,1-3H3. The van der Waals surface area contributed by atoms with Crippen LogP contribution in [0.4, 0.5) is 0 Å². The SMILES string of the molecule is CCNC1CCC(C)(Cc2cccc(C)c2)C1. The van der Waals surface area contributed by atoms with Crippen LogP contribution in [-0.4, -0.2) is 12.6 Å². The van der Waals surface area contributed by atoms with Gasteiger partial charge in [-0.2, -0.15) is 0 Å². The maximum Gasteiger partial charge on any atom is 0.00724 e. The molecule has 94 valence electrons. The van der Waals surface area contributed by atoms with Crippen molar-refractivity contribution in [2.45, 2.75) is 52.5 Å². The summed E-state index contributed by atoms with van der Waals surface area (Å²) in [5.41, 5.74) is 3.39. The lowest BCUT2D eigenvalue weighted by atomic mass is 9.81. The quantitative estimate of drug-likeness (QED) is 0.833. The monoisotopic (exact) mass is 231 g/mol. The molecule has 0 radical (unpaired) electrons. The van der Waals surface area contributed by atoms with E-state index in [2.05, 4.69) is 50.4 Å². The minimum Gasteiger partial charge on any atom is -0.314 e. The Kier molecular flexibility index (Phi) is 3.88. The molecule has 0 spiro atoms. The molecule has 1 aromatic carbocycles. The third kappa shape index (κ3) is 3.32. The van der Waals surface area contributed by atoms with Gasteiger partial charge >= 0.3 is 0 Å². The van der Waals surface area contributed by atoms with Gasteiger partial charge in [0.25, 0.3) is 0 Å². The molecule has 0 aromatic heterocycles. The van der Waals surface area contributed by atoms with Crippen molar-refractivity contribution in [3.63, 3.8) is 0 Å². The van der Waals surface area contributed by atoms with Crippen LogP contribution in [-0.2, 0) is 6.42 Å². The molecular formula is C16H25N. The Bertz CT molecular complexity index is 372. The number of nitrogens with one attached hydrogen (secondary N) is 1. The van der Waals surface area contributed by atoms with Gasteiger partial charge in [0.1, 0.15) is 0 Å². The number of hydrogen-bond donors (Lipinski definition) is 1. The average molecular weight is 231 g/mol. The maximum atomic E-state index is 3.60. The van der Waals surface area contributed by atoms with E-state index < -0.39 is 0 Å². The summed E-state index contributed by atoms with van der Waals surface area (Å²) >= 11 is 0. The molecule has 2 unspecified atom stereocenters. The van der Waals surface area contributed by atoms with Gasteiger partial charge in [-0.1, -0.05) is 43.7 Å². The van der Waals surface area contributed by atoms with Crippen molar-refractivity contribution in [1.82, 2.24) is 5.32 Å². The van der Waals surface area contributed by atoms with Gasteiger partial charge in [-0.05, 0) is 50.1 Å². The summed E-state index contributed by atoms with van der Waals surface area (Å²) in [6.45, 7) is 7.94. The summed E-state index contributed by atoms with van der Waals surface area (Å²) in [6, 6.07) is 9.73. The molecule has 1 aliphatic rings. The summed E-state index contributed by atoms with van der Waals surface area (Å²) in [5.74, 6) is 0. The molecule has 1 nitrogen and oxygen atoms in total. The fourth-order valence-corrected chi connectivity index (χ4v) is 3.26. The lowest BCUT2D eigenvalue weighted by Crippen LogP contribution is -2.28. The Balaban J connectivity index is 1.99. The Morgan fingerprint density at radius 2 is 2.24 bits per heavy atom. The van der Waals surface area contributed by atoms with Gasteiger partial charge in [0.05, 0.1) is 0 Å². The van der Waals surface area contributed by atoms with Crippen LogP contribution in [0.5, 0.6) is 0 Å². The fourth-order valence-electron chi connectivity index (χ4n) is 3.26. The zero-order valence-electron chi connectivity index (χ0n) is 11.4. The minimum atomic E-state index is 0.501. The van der Waals surface area contributed by atoms with Crippen molar-refractivity contribution in [3.8, 4) is 0 Å². The Morgan fingerprint density at radius 3 is 2.94 bits per heavy atom. The average Bonchev–Trinajstić information content (AvgIpc) is 2.60. The van der Waals surface area contributed by atoms with Crippen molar-refractivity contribution < 1.29 is 0 Å². The first-order chi connectivity index (χ1) is 8.11. The second-order valence-electron chi connectivity index (χ2n) is 5.97. The van der Waals surface area contributed by atoms with Gasteiger partial charge < -0.3 is 5.32 Å². The largest absolute Gasteiger partial charge is 0.314 e. The van der Waals surface area contributed by atoms with E-state index in [9.17, 15) is 0 Å². The lowest BCUT2D eigenvalue weighted by molar-refractivity contribution is 0.322. The van der Waals surface area contributed by atoms with Gasteiger partial charge in [-0.15, -0.1) is 0 Å². The minimum absolute atomic E-state index is 0.501.